The summed E-state index contributed by atoms with van der Waals surface area (Å²) in [6.45, 7) is -0.208. The average molecular weight is 472 g/mol. The van der Waals surface area contributed by atoms with E-state index in [9.17, 15) is 9.59 Å². The van der Waals surface area contributed by atoms with Crippen LogP contribution >= 0.6 is 11.6 Å². The predicted octanol–water partition coefficient (Wildman–Crippen LogP) is 5.00. The van der Waals surface area contributed by atoms with Crippen molar-refractivity contribution < 1.29 is 14.0 Å². The molecule has 0 fully saturated rings. The maximum atomic E-state index is 12.9. The molecule has 0 saturated carbocycles. The first-order valence-corrected chi connectivity index (χ1v) is 11.0. The van der Waals surface area contributed by atoms with Gasteiger partial charge in [0.15, 0.2) is 0 Å². The van der Waals surface area contributed by atoms with Crippen LogP contribution in [0.2, 0.25) is 5.02 Å². The molecule has 7 heteroatoms. The van der Waals surface area contributed by atoms with Gasteiger partial charge in [0.1, 0.15) is 11.5 Å². The number of halogens is 1. The highest BCUT2D eigenvalue weighted by Gasteiger charge is 2.22. The molecule has 0 aliphatic heterocycles. The number of rotatable bonds is 8. The SMILES string of the molecule is O=C(CNC(=O)C(c1ccccc1)c1ccccc1)N/N=C\c1ccc(-c2ccc(Cl)cc2)o1. The van der Waals surface area contributed by atoms with Crippen LogP contribution in [0.5, 0.6) is 0 Å². The summed E-state index contributed by atoms with van der Waals surface area (Å²) in [6, 6.07) is 29.7. The van der Waals surface area contributed by atoms with Crippen LogP contribution in [0.4, 0.5) is 0 Å². The van der Waals surface area contributed by atoms with Crippen LogP contribution in [0.15, 0.2) is 107 Å². The molecule has 3 aromatic carbocycles. The maximum Gasteiger partial charge on any atom is 0.259 e. The smallest absolute Gasteiger partial charge is 0.259 e. The molecule has 6 nitrogen and oxygen atoms in total. The zero-order valence-electron chi connectivity index (χ0n) is 18.1. The Morgan fingerprint density at radius 2 is 1.47 bits per heavy atom. The monoisotopic (exact) mass is 471 g/mol. The highest BCUT2D eigenvalue weighted by Crippen LogP contribution is 2.25. The molecule has 0 spiro atoms. The Morgan fingerprint density at radius 3 is 2.09 bits per heavy atom. The van der Waals surface area contributed by atoms with Crippen molar-refractivity contribution in [3.8, 4) is 11.3 Å². The second-order valence-electron chi connectivity index (χ2n) is 7.47. The minimum atomic E-state index is -0.520. The van der Waals surface area contributed by atoms with Gasteiger partial charge in [0.2, 0.25) is 5.91 Å². The van der Waals surface area contributed by atoms with Crippen LogP contribution in [-0.2, 0) is 9.59 Å². The second-order valence-corrected chi connectivity index (χ2v) is 7.91. The lowest BCUT2D eigenvalue weighted by Gasteiger charge is -2.17. The van der Waals surface area contributed by atoms with Crippen molar-refractivity contribution in [1.82, 2.24) is 10.7 Å². The standard InChI is InChI=1S/C27H22ClN3O3/c28-22-13-11-19(12-14-22)24-16-15-23(34-24)17-30-31-25(32)18-29-27(33)26(20-7-3-1-4-8-20)21-9-5-2-6-10-21/h1-17,26H,18H2,(H,29,33)(H,31,32)/b30-17-. The molecule has 170 valence electrons. The predicted molar refractivity (Wildman–Crippen MR) is 133 cm³/mol. The second kappa shape index (κ2) is 11.1. The highest BCUT2D eigenvalue weighted by atomic mass is 35.5. The summed E-state index contributed by atoms with van der Waals surface area (Å²) in [6.07, 6.45) is 1.40. The van der Waals surface area contributed by atoms with E-state index in [2.05, 4.69) is 15.8 Å². The van der Waals surface area contributed by atoms with Gasteiger partial charge < -0.3 is 9.73 Å². The van der Waals surface area contributed by atoms with Gasteiger partial charge in [0, 0.05) is 10.6 Å². The van der Waals surface area contributed by atoms with E-state index in [-0.39, 0.29) is 12.5 Å². The lowest BCUT2D eigenvalue weighted by atomic mass is 9.90. The Hall–Kier alpha value is -4.16. The van der Waals surface area contributed by atoms with Crippen molar-refractivity contribution >= 4 is 29.6 Å². The average Bonchev–Trinajstić information content (AvgIpc) is 3.34. The van der Waals surface area contributed by atoms with Gasteiger partial charge in [-0.15, -0.1) is 0 Å². The molecule has 0 saturated heterocycles. The maximum absolute atomic E-state index is 12.9. The number of nitrogens with zero attached hydrogens (tertiary/aromatic N) is 1. The van der Waals surface area contributed by atoms with E-state index in [1.807, 2.05) is 72.8 Å². The van der Waals surface area contributed by atoms with Gasteiger partial charge in [-0.25, -0.2) is 5.43 Å². The normalized spacial score (nSPS) is 11.0. The van der Waals surface area contributed by atoms with Crippen molar-refractivity contribution in [2.24, 2.45) is 5.10 Å². The van der Waals surface area contributed by atoms with E-state index in [0.29, 0.717) is 16.5 Å². The fourth-order valence-electron chi connectivity index (χ4n) is 3.45. The Balaban J connectivity index is 1.33. The van der Waals surface area contributed by atoms with Gasteiger partial charge in [-0.2, -0.15) is 5.10 Å². The third-order valence-electron chi connectivity index (χ3n) is 5.09. The van der Waals surface area contributed by atoms with Gasteiger partial charge in [-0.05, 0) is 47.5 Å². The third kappa shape index (κ3) is 5.99. The first-order valence-electron chi connectivity index (χ1n) is 10.7. The minimum absolute atomic E-state index is 0.208. The first kappa shape index (κ1) is 23.0. The van der Waals surface area contributed by atoms with E-state index in [4.69, 9.17) is 16.0 Å². The molecule has 4 rings (SSSR count). The summed E-state index contributed by atoms with van der Waals surface area (Å²) in [5, 5.41) is 7.25. The summed E-state index contributed by atoms with van der Waals surface area (Å²) < 4.78 is 5.71. The summed E-state index contributed by atoms with van der Waals surface area (Å²) >= 11 is 5.91. The largest absolute Gasteiger partial charge is 0.455 e. The number of carbonyl (C=O) groups is 2. The number of hydrazone groups is 1. The van der Waals surface area contributed by atoms with Gasteiger partial charge in [0.25, 0.3) is 5.91 Å². The Labute approximate surface area is 202 Å². The topological polar surface area (TPSA) is 83.7 Å². The zero-order valence-corrected chi connectivity index (χ0v) is 18.9. The molecule has 1 heterocycles. The van der Waals surface area contributed by atoms with E-state index >= 15 is 0 Å². The number of furan rings is 1. The van der Waals surface area contributed by atoms with Crippen molar-refractivity contribution in [3.05, 3.63) is 119 Å². The number of carbonyl (C=O) groups excluding carboxylic acids is 2. The Morgan fingerprint density at radius 1 is 0.853 bits per heavy atom. The molecule has 0 aliphatic carbocycles. The first-order chi connectivity index (χ1) is 16.6. The summed E-state index contributed by atoms with van der Waals surface area (Å²) in [4.78, 5) is 25.2. The highest BCUT2D eigenvalue weighted by molar-refractivity contribution is 6.30. The lowest BCUT2D eigenvalue weighted by Crippen LogP contribution is -2.37. The molecule has 0 radical (unpaired) electrons. The van der Waals surface area contributed by atoms with Gasteiger partial charge >= 0.3 is 0 Å². The summed E-state index contributed by atoms with van der Waals surface area (Å²) in [7, 11) is 0. The van der Waals surface area contributed by atoms with Crippen molar-refractivity contribution in [3.63, 3.8) is 0 Å². The summed E-state index contributed by atoms with van der Waals surface area (Å²) in [5.74, 6) is -0.107. The van der Waals surface area contributed by atoms with Crippen LogP contribution in [0.1, 0.15) is 22.8 Å². The van der Waals surface area contributed by atoms with Crippen molar-refractivity contribution in [1.29, 1.82) is 0 Å². The third-order valence-corrected chi connectivity index (χ3v) is 5.34. The van der Waals surface area contributed by atoms with E-state index < -0.39 is 11.8 Å². The molecule has 0 unspecified atom stereocenters. The van der Waals surface area contributed by atoms with Crippen LogP contribution in [-0.4, -0.2) is 24.6 Å². The number of hydrogen-bond donors (Lipinski definition) is 2. The van der Waals surface area contributed by atoms with E-state index in [1.165, 1.54) is 6.21 Å². The fourth-order valence-corrected chi connectivity index (χ4v) is 3.58. The van der Waals surface area contributed by atoms with Crippen LogP contribution in [0.3, 0.4) is 0 Å². The number of amides is 2. The fraction of sp³-hybridized carbons (Fsp3) is 0.0741. The zero-order chi connectivity index (χ0) is 23.8. The van der Waals surface area contributed by atoms with Crippen LogP contribution < -0.4 is 10.7 Å². The molecule has 4 aromatic rings. The Kier molecular flexibility index (Phi) is 7.53. The van der Waals surface area contributed by atoms with Gasteiger partial charge in [-0.1, -0.05) is 72.3 Å². The molecule has 2 amide bonds. The molecule has 0 aliphatic rings. The molecule has 1 aromatic heterocycles. The van der Waals surface area contributed by atoms with E-state index in [1.54, 1.807) is 24.3 Å². The summed E-state index contributed by atoms with van der Waals surface area (Å²) in [5.41, 5.74) is 4.97. The van der Waals surface area contributed by atoms with E-state index in [0.717, 1.165) is 16.7 Å². The Bertz CT molecular complexity index is 1230. The van der Waals surface area contributed by atoms with Gasteiger partial charge in [0.05, 0.1) is 18.7 Å². The molecular formula is C27H22ClN3O3. The minimum Gasteiger partial charge on any atom is -0.455 e. The molecule has 34 heavy (non-hydrogen) atoms. The van der Waals surface area contributed by atoms with Crippen molar-refractivity contribution in [2.45, 2.75) is 5.92 Å². The lowest BCUT2D eigenvalue weighted by molar-refractivity contribution is -0.126. The van der Waals surface area contributed by atoms with Crippen LogP contribution in [0, 0.1) is 0 Å². The number of nitrogens with one attached hydrogen (secondary N) is 2. The van der Waals surface area contributed by atoms with Crippen LogP contribution in [0.25, 0.3) is 11.3 Å². The van der Waals surface area contributed by atoms with Crippen molar-refractivity contribution in [2.75, 3.05) is 6.54 Å². The molecule has 0 bridgehead atoms. The number of benzene rings is 3. The quantitative estimate of drug-likeness (QED) is 0.280. The van der Waals surface area contributed by atoms with Gasteiger partial charge in [-0.3, -0.25) is 9.59 Å². The molecule has 0 atom stereocenters. The molecule has 2 N–H and O–H groups in total. The molecular weight excluding hydrogens is 450 g/mol. The number of hydrogen-bond acceptors (Lipinski definition) is 4.